The van der Waals surface area contributed by atoms with Gasteiger partial charge in [0.05, 0.1) is 7.11 Å². The molecule has 0 saturated carbocycles. The predicted molar refractivity (Wildman–Crippen MR) is 148 cm³/mol. The van der Waals surface area contributed by atoms with Gasteiger partial charge in [0.2, 0.25) is 0 Å². The van der Waals surface area contributed by atoms with Crippen molar-refractivity contribution in [2.75, 3.05) is 13.7 Å². The lowest BCUT2D eigenvalue weighted by molar-refractivity contribution is 0.0921. The second kappa shape index (κ2) is 19.7. The molecule has 2 aromatic rings. The first-order valence-corrected chi connectivity index (χ1v) is 14.4. The number of rotatable bonds is 22. The van der Waals surface area contributed by atoms with Crippen LogP contribution in [0.3, 0.4) is 0 Å². The predicted octanol–water partition coefficient (Wildman–Crippen LogP) is 8.86. The Morgan fingerprint density at radius 2 is 1.31 bits per heavy atom. The molecule has 0 aliphatic carbocycles. The Hall–Kier alpha value is -2.43. The summed E-state index contributed by atoms with van der Waals surface area (Å²) in [7, 11) is 1.62. The average Bonchev–Trinajstić information content (AvgIpc) is 3.38. The third-order valence-electron chi connectivity index (χ3n) is 6.62. The van der Waals surface area contributed by atoms with Crippen molar-refractivity contribution in [3.8, 4) is 11.5 Å². The van der Waals surface area contributed by atoms with E-state index in [1.54, 1.807) is 19.2 Å². The van der Waals surface area contributed by atoms with E-state index in [4.69, 9.17) is 13.9 Å². The molecule has 0 unspecified atom stereocenters. The SMILES string of the molecule is CCCCCCCCCCCCCCCCCCNC(=O)c1ccc(COc2cccc(OC)c2)o1. The quantitative estimate of drug-likeness (QED) is 0.164. The van der Waals surface area contributed by atoms with Gasteiger partial charge in [-0.2, -0.15) is 0 Å². The van der Waals surface area contributed by atoms with Crippen LogP contribution in [0.15, 0.2) is 40.8 Å². The molecule has 0 fully saturated rings. The van der Waals surface area contributed by atoms with Crippen LogP contribution in [0.5, 0.6) is 11.5 Å². The number of hydrogen-bond acceptors (Lipinski definition) is 4. The van der Waals surface area contributed by atoms with Crippen LogP contribution in [0.25, 0.3) is 0 Å². The first-order valence-electron chi connectivity index (χ1n) is 14.4. The Balaban J connectivity index is 1.40. The summed E-state index contributed by atoms with van der Waals surface area (Å²) in [6.07, 6.45) is 21.6. The van der Waals surface area contributed by atoms with E-state index < -0.39 is 0 Å². The molecular weight excluding hydrogens is 450 g/mol. The van der Waals surface area contributed by atoms with Gasteiger partial charge in [-0.05, 0) is 30.7 Å². The number of nitrogens with one attached hydrogen (secondary N) is 1. The van der Waals surface area contributed by atoms with E-state index in [1.165, 1.54) is 89.9 Å². The summed E-state index contributed by atoms with van der Waals surface area (Å²) < 4.78 is 16.6. The van der Waals surface area contributed by atoms with Gasteiger partial charge in [-0.25, -0.2) is 0 Å². The van der Waals surface area contributed by atoms with E-state index in [9.17, 15) is 4.79 Å². The number of furan rings is 1. The van der Waals surface area contributed by atoms with Crippen LogP contribution >= 0.6 is 0 Å². The second-order valence-electron chi connectivity index (χ2n) is 9.79. The third kappa shape index (κ3) is 13.6. The zero-order chi connectivity index (χ0) is 25.7. The number of carbonyl (C=O) groups excluding carboxylic acids is 1. The minimum atomic E-state index is -0.163. The van der Waals surface area contributed by atoms with E-state index in [2.05, 4.69) is 12.2 Å². The van der Waals surface area contributed by atoms with Crippen molar-refractivity contribution in [1.29, 1.82) is 0 Å². The maximum absolute atomic E-state index is 12.3. The van der Waals surface area contributed by atoms with Crippen molar-refractivity contribution >= 4 is 5.91 Å². The summed E-state index contributed by atoms with van der Waals surface area (Å²) in [5.74, 6) is 2.21. The fourth-order valence-electron chi connectivity index (χ4n) is 4.39. The first kappa shape index (κ1) is 29.8. The van der Waals surface area contributed by atoms with Crippen molar-refractivity contribution in [1.82, 2.24) is 5.32 Å². The summed E-state index contributed by atoms with van der Waals surface area (Å²) in [4.78, 5) is 12.3. The zero-order valence-corrected chi connectivity index (χ0v) is 22.8. The molecule has 0 aliphatic rings. The fraction of sp³-hybridized carbons (Fsp3) is 0.645. The summed E-state index contributed by atoms with van der Waals surface area (Å²) in [5, 5.41) is 2.96. The smallest absolute Gasteiger partial charge is 0.286 e. The Morgan fingerprint density at radius 3 is 1.89 bits per heavy atom. The topological polar surface area (TPSA) is 60.7 Å². The molecule has 1 heterocycles. The van der Waals surface area contributed by atoms with E-state index in [0.29, 0.717) is 23.8 Å². The molecule has 0 bridgehead atoms. The van der Waals surface area contributed by atoms with Crippen molar-refractivity contribution < 1.29 is 18.7 Å². The van der Waals surface area contributed by atoms with Gasteiger partial charge >= 0.3 is 0 Å². The van der Waals surface area contributed by atoms with Crippen LogP contribution in [0, 0.1) is 0 Å². The van der Waals surface area contributed by atoms with Gasteiger partial charge in [-0.3, -0.25) is 4.79 Å². The van der Waals surface area contributed by atoms with Crippen molar-refractivity contribution in [2.24, 2.45) is 0 Å². The first-order chi connectivity index (χ1) is 17.7. The largest absolute Gasteiger partial charge is 0.497 e. The third-order valence-corrected chi connectivity index (χ3v) is 6.62. The van der Waals surface area contributed by atoms with Gasteiger partial charge in [-0.15, -0.1) is 0 Å². The fourth-order valence-corrected chi connectivity index (χ4v) is 4.39. The number of carbonyl (C=O) groups is 1. The van der Waals surface area contributed by atoms with Gasteiger partial charge in [0.1, 0.15) is 23.9 Å². The summed E-state index contributed by atoms with van der Waals surface area (Å²) in [6.45, 7) is 3.23. The molecule has 0 aliphatic heterocycles. The molecule has 1 amide bonds. The highest BCUT2D eigenvalue weighted by Crippen LogP contribution is 2.20. The van der Waals surface area contributed by atoms with Gasteiger partial charge < -0.3 is 19.2 Å². The maximum Gasteiger partial charge on any atom is 0.286 e. The maximum atomic E-state index is 12.3. The van der Waals surface area contributed by atoms with E-state index in [0.717, 1.165) is 18.6 Å². The number of unbranched alkanes of at least 4 members (excludes halogenated alkanes) is 15. The molecular formula is C31H49NO4. The Labute approximate surface area is 219 Å². The molecule has 36 heavy (non-hydrogen) atoms. The molecule has 2 rings (SSSR count). The van der Waals surface area contributed by atoms with Gasteiger partial charge in [0.15, 0.2) is 5.76 Å². The average molecular weight is 500 g/mol. The molecule has 5 nitrogen and oxygen atoms in total. The van der Waals surface area contributed by atoms with Crippen LogP contribution in [0.2, 0.25) is 0 Å². The van der Waals surface area contributed by atoms with Crippen LogP contribution in [0.1, 0.15) is 126 Å². The highest BCUT2D eigenvalue weighted by atomic mass is 16.5. The second-order valence-corrected chi connectivity index (χ2v) is 9.79. The minimum Gasteiger partial charge on any atom is -0.497 e. The standard InChI is InChI=1S/C31H49NO4/c1-3-4-5-6-7-8-9-10-11-12-13-14-15-16-17-18-24-32-31(33)30-23-22-29(36-30)26-35-28-21-19-20-27(25-28)34-2/h19-23,25H,3-18,24,26H2,1-2H3,(H,32,33). The Bertz CT molecular complexity index is 816. The normalized spacial score (nSPS) is 10.9. The summed E-state index contributed by atoms with van der Waals surface area (Å²) >= 11 is 0. The van der Waals surface area contributed by atoms with Crippen molar-refractivity contribution in [3.05, 3.63) is 47.9 Å². The highest BCUT2D eigenvalue weighted by molar-refractivity contribution is 5.91. The van der Waals surface area contributed by atoms with Crippen LogP contribution in [-0.2, 0) is 6.61 Å². The van der Waals surface area contributed by atoms with Crippen molar-refractivity contribution in [2.45, 2.75) is 116 Å². The molecule has 0 atom stereocenters. The van der Waals surface area contributed by atoms with E-state index in [-0.39, 0.29) is 12.5 Å². The molecule has 0 radical (unpaired) electrons. The lowest BCUT2D eigenvalue weighted by Crippen LogP contribution is -2.23. The molecule has 5 heteroatoms. The van der Waals surface area contributed by atoms with E-state index in [1.807, 2.05) is 24.3 Å². The lowest BCUT2D eigenvalue weighted by atomic mass is 10.0. The molecule has 202 valence electrons. The van der Waals surface area contributed by atoms with Crippen LogP contribution in [0.4, 0.5) is 0 Å². The molecule has 0 saturated heterocycles. The molecule has 0 spiro atoms. The summed E-state index contributed by atoms with van der Waals surface area (Å²) in [5.41, 5.74) is 0. The van der Waals surface area contributed by atoms with Crippen LogP contribution in [-0.4, -0.2) is 19.6 Å². The number of methoxy groups -OCH3 is 1. The molecule has 1 aromatic heterocycles. The monoisotopic (exact) mass is 499 g/mol. The zero-order valence-electron chi connectivity index (χ0n) is 22.8. The van der Waals surface area contributed by atoms with E-state index >= 15 is 0 Å². The van der Waals surface area contributed by atoms with Gasteiger partial charge in [0, 0.05) is 12.6 Å². The minimum absolute atomic E-state index is 0.163. The highest BCUT2D eigenvalue weighted by Gasteiger charge is 2.11. The number of ether oxygens (including phenoxy) is 2. The number of amides is 1. The van der Waals surface area contributed by atoms with Gasteiger partial charge in [-0.1, -0.05) is 109 Å². The number of benzene rings is 1. The number of hydrogen-bond donors (Lipinski definition) is 1. The van der Waals surface area contributed by atoms with Crippen LogP contribution < -0.4 is 14.8 Å². The summed E-state index contributed by atoms with van der Waals surface area (Å²) in [6, 6.07) is 10.9. The van der Waals surface area contributed by atoms with Crippen molar-refractivity contribution in [3.63, 3.8) is 0 Å². The molecule has 1 N–H and O–H groups in total. The van der Waals surface area contributed by atoms with Gasteiger partial charge in [0.25, 0.3) is 5.91 Å². The molecule has 1 aromatic carbocycles. The Morgan fingerprint density at radius 1 is 0.750 bits per heavy atom. The lowest BCUT2D eigenvalue weighted by Gasteiger charge is -2.06. The Kier molecular flexibility index (Phi) is 16.3.